The molecule has 1 fully saturated rings. The van der Waals surface area contributed by atoms with Crippen molar-refractivity contribution in [3.05, 3.63) is 59.2 Å². The van der Waals surface area contributed by atoms with Crippen LogP contribution in [0.2, 0.25) is 0 Å². The lowest BCUT2D eigenvalue weighted by Crippen LogP contribution is -2.57. The molecule has 34 heavy (non-hydrogen) atoms. The first-order valence-corrected chi connectivity index (χ1v) is 14.1. The van der Waals surface area contributed by atoms with Crippen LogP contribution in [-0.2, 0) is 29.2 Å². The lowest BCUT2D eigenvalue weighted by Gasteiger charge is -2.50. The first-order valence-electron chi connectivity index (χ1n) is 10.8. The Hall–Kier alpha value is -2.55. The molecule has 0 radical (unpaired) electrons. The standard InChI is InChI=1S/C23H23F2NO6S2/c1-2-33(27,28)12-9-20-17-14-32-22-19(25)8-7-18(24)21(22)23(17,10-11-31-20)34(29,30)16-5-3-15(13-26)4-6-16/h3-8,17,20H,2,9-12,14H2,1H3/t17-,20-,23-/m0/s1. The van der Waals surface area contributed by atoms with Crippen LogP contribution in [0.15, 0.2) is 41.3 Å². The Morgan fingerprint density at radius 1 is 1.09 bits per heavy atom. The van der Waals surface area contributed by atoms with Crippen molar-refractivity contribution >= 4 is 19.7 Å². The molecule has 11 heteroatoms. The van der Waals surface area contributed by atoms with Crippen molar-refractivity contribution in [2.45, 2.75) is 35.5 Å². The van der Waals surface area contributed by atoms with E-state index in [2.05, 4.69) is 0 Å². The van der Waals surface area contributed by atoms with Crippen molar-refractivity contribution in [3.63, 3.8) is 0 Å². The molecular formula is C23H23F2NO6S2. The summed E-state index contributed by atoms with van der Waals surface area (Å²) in [5.41, 5.74) is -0.160. The molecule has 2 aromatic carbocycles. The quantitative estimate of drug-likeness (QED) is 0.586. The van der Waals surface area contributed by atoms with E-state index < -0.39 is 59.4 Å². The summed E-state index contributed by atoms with van der Waals surface area (Å²) in [7, 11) is -7.76. The minimum Gasteiger partial charge on any atom is -0.490 e. The SMILES string of the molecule is CCS(=O)(=O)CC[C@@H]1OCC[C@@]2(S(=O)(=O)c3ccc(C#N)cc3)c3c(F)ccc(F)c3OC[C@@H]12. The minimum atomic E-state index is -4.38. The van der Waals surface area contributed by atoms with Crippen molar-refractivity contribution in [1.29, 1.82) is 5.26 Å². The second kappa shape index (κ2) is 8.91. The number of rotatable bonds is 6. The van der Waals surface area contributed by atoms with Gasteiger partial charge in [-0.3, -0.25) is 0 Å². The predicted molar refractivity (Wildman–Crippen MR) is 119 cm³/mol. The van der Waals surface area contributed by atoms with E-state index in [0.717, 1.165) is 12.1 Å². The Labute approximate surface area is 197 Å². The summed E-state index contributed by atoms with van der Waals surface area (Å²) in [6.07, 6.45) is -1.06. The molecule has 7 nitrogen and oxygen atoms in total. The summed E-state index contributed by atoms with van der Waals surface area (Å²) in [4.78, 5) is -0.158. The zero-order valence-electron chi connectivity index (χ0n) is 18.3. The molecule has 2 aliphatic rings. The van der Waals surface area contributed by atoms with E-state index >= 15 is 4.39 Å². The Morgan fingerprint density at radius 2 is 1.76 bits per heavy atom. The highest BCUT2D eigenvalue weighted by Crippen LogP contribution is 2.55. The van der Waals surface area contributed by atoms with Crippen molar-refractivity contribution in [3.8, 4) is 11.8 Å². The maximum atomic E-state index is 15.3. The van der Waals surface area contributed by atoms with Crippen molar-refractivity contribution in [1.82, 2.24) is 0 Å². The van der Waals surface area contributed by atoms with Crippen LogP contribution in [0.1, 0.15) is 30.9 Å². The maximum absolute atomic E-state index is 15.3. The Bertz CT molecular complexity index is 1350. The number of sulfone groups is 2. The lowest BCUT2D eigenvalue weighted by atomic mass is 9.75. The van der Waals surface area contributed by atoms with Gasteiger partial charge in [-0.15, -0.1) is 0 Å². The second-order valence-corrected chi connectivity index (χ2v) is 13.0. The van der Waals surface area contributed by atoms with Crippen LogP contribution < -0.4 is 4.74 Å². The van der Waals surface area contributed by atoms with Gasteiger partial charge in [-0.25, -0.2) is 25.6 Å². The number of hydrogen-bond donors (Lipinski definition) is 0. The summed E-state index contributed by atoms with van der Waals surface area (Å²) in [5.74, 6) is -3.59. The second-order valence-electron chi connectivity index (χ2n) is 8.36. The molecule has 0 amide bonds. The lowest BCUT2D eigenvalue weighted by molar-refractivity contribution is -0.0732. The zero-order valence-corrected chi connectivity index (χ0v) is 20.0. The van der Waals surface area contributed by atoms with E-state index in [-0.39, 0.29) is 48.0 Å². The molecule has 0 aliphatic carbocycles. The first kappa shape index (κ1) is 24.6. The van der Waals surface area contributed by atoms with E-state index in [1.54, 1.807) is 0 Å². The van der Waals surface area contributed by atoms with Gasteiger partial charge in [0.05, 0.1) is 40.6 Å². The molecule has 1 saturated heterocycles. The van der Waals surface area contributed by atoms with Gasteiger partial charge < -0.3 is 9.47 Å². The van der Waals surface area contributed by atoms with Crippen molar-refractivity contribution < 1.29 is 35.1 Å². The third-order valence-corrected chi connectivity index (χ3v) is 11.0. The van der Waals surface area contributed by atoms with Gasteiger partial charge in [0.1, 0.15) is 20.4 Å². The van der Waals surface area contributed by atoms with Gasteiger partial charge in [-0.2, -0.15) is 5.26 Å². The highest BCUT2D eigenvalue weighted by molar-refractivity contribution is 7.92. The van der Waals surface area contributed by atoms with Crippen molar-refractivity contribution in [2.75, 3.05) is 24.7 Å². The molecule has 0 N–H and O–H groups in total. The van der Waals surface area contributed by atoms with Gasteiger partial charge in [0.25, 0.3) is 0 Å². The van der Waals surface area contributed by atoms with E-state index in [4.69, 9.17) is 14.7 Å². The third kappa shape index (κ3) is 3.87. The number of benzene rings is 2. The molecule has 2 aliphatic heterocycles. The van der Waals surface area contributed by atoms with Gasteiger partial charge in [0.2, 0.25) is 0 Å². The molecule has 0 saturated carbocycles. The third-order valence-electron chi connectivity index (χ3n) is 6.67. The fourth-order valence-electron chi connectivity index (χ4n) is 4.87. The Balaban J connectivity index is 1.92. The van der Waals surface area contributed by atoms with Gasteiger partial charge in [0, 0.05) is 18.3 Å². The number of halogens is 2. The number of nitrogens with zero attached hydrogens (tertiary/aromatic N) is 1. The van der Waals surface area contributed by atoms with Crippen LogP contribution in [0.3, 0.4) is 0 Å². The van der Waals surface area contributed by atoms with Crippen molar-refractivity contribution in [2.24, 2.45) is 5.92 Å². The molecule has 3 atom stereocenters. The summed E-state index contributed by atoms with van der Waals surface area (Å²) in [6.45, 7) is 1.12. The fourth-order valence-corrected chi connectivity index (χ4v) is 8.09. The first-order chi connectivity index (χ1) is 16.1. The van der Waals surface area contributed by atoms with E-state index in [1.807, 2.05) is 6.07 Å². The molecule has 2 heterocycles. The molecule has 0 aromatic heterocycles. The highest BCUT2D eigenvalue weighted by Gasteiger charge is 2.61. The van der Waals surface area contributed by atoms with Crippen LogP contribution in [0, 0.1) is 28.9 Å². The van der Waals surface area contributed by atoms with Crippen LogP contribution in [0.25, 0.3) is 0 Å². The van der Waals surface area contributed by atoms with Gasteiger partial charge >= 0.3 is 0 Å². The molecule has 2 aromatic rings. The molecule has 182 valence electrons. The van der Waals surface area contributed by atoms with Crippen LogP contribution in [-0.4, -0.2) is 47.7 Å². The summed E-state index contributed by atoms with van der Waals surface area (Å²) in [5, 5.41) is 9.07. The van der Waals surface area contributed by atoms with Crippen LogP contribution >= 0.6 is 0 Å². The summed E-state index contributed by atoms with van der Waals surface area (Å²) < 4.78 is 91.9. The summed E-state index contributed by atoms with van der Waals surface area (Å²) >= 11 is 0. The van der Waals surface area contributed by atoms with Gasteiger partial charge in [0.15, 0.2) is 21.4 Å². The molecular weight excluding hydrogens is 488 g/mol. The van der Waals surface area contributed by atoms with E-state index in [9.17, 15) is 21.2 Å². The normalized spacial score (nSPS) is 24.4. The average Bonchev–Trinajstić information content (AvgIpc) is 2.84. The highest BCUT2D eigenvalue weighted by atomic mass is 32.2. The molecule has 4 rings (SSSR count). The van der Waals surface area contributed by atoms with Gasteiger partial charge in [-0.1, -0.05) is 6.92 Å². The Kier molecular flexibility index (Phi) is 6.44. The van der Waals surface area contributed by atoms with Crippen LogP contribution in [0.5, 0.6) is 5.75 Å². The zero-order chi connectivity index (χ0) is 24.7. The summed E-state index contributed by atoms with van der Waals surface area (Å²) in [6, 6.07) is 8.85. The maximum Gasteiger partial charge on any atom is 0.189 e. The van der Waals surface area contributed by atoms with E-state index in [0.29, 0.717) is 0 Å². The largest absolute Gasteiger partial charge is 0.490 e. The number of fused-ring (bicyclic) bond motifs is 3. The Morgan fingerprint density at radius 3 is 2.41 bits per heavy atom. The average molecular weight is 512 g/mol. The fraction of sp³-hybridized carbons (Fsp3) is 0.435. The smallest absolute Gasteiger partial charge is 0.189 e. The van der Waals surface area contributed by atoms with Crippen LogP contribution in [0.4, 0.5) is 8.78 Å². The predicted octanol–water partition coefficient (Wildman–Crippen LogP) is 3.13. The number of nitriles is 1. The minimum absolute atomic E-state index is 0.0128. The van der Waals surface area contributed by atoms with Gasteiger partial charge in [-0.05, 0) is 49.2 Å². The monoisotopic (exact) mass is 511 g/mol. The molecule has 0 unspecified atom stereocenters. The number of ether oxygens (including phenoxy) is 2. The molecule has 0 spiro atoms. The topological polar surface area (TPSA) is 111 Å². The van der Waals surface area contributed by atoms with E-state index in [1.165, 1.54) is 31.2 Å². The number of hydrogen-bond acceptors (Lipinski definition) is 7. The molecule has 0 bridgehead atoms.